The van der Waals surface area contributed by atoms with Gasteiger partial charge in [-0.1, -0.05) is 6.92 Å². The molecule has 1 aliphatic rings. The third kappa shape index (κ3) is 5.79. The summed E-state index contributed by atoms with van der Waals surface area (Å²) in [5, 5.41) is 3.70. The van der Waals surface area contributed by atoms with Crippen molar-refractivity contribution in [1.29, 1.82) is 0 Å². The lowest BCUT2D eigenvalue weighted by molar-refractivity contribution is 0.152. The molecule has 2 unspecified atom stereocenters. The Balaban J connectivity index is 2.12. The molecule has 2 nitrogen and oxygen atoms in total. The van der Waals surface area contributed by atoms with E-state index in [4.69, 9.17) is 4.74 Å². The summed E-state index contributed by atoms with van der Waals surface area (Å²) in [4.78, 5) is 0. The highest BCUT2D eigenvalue weighted by Crippen LogP contribution is 2.33. The van der Waals surface area contributed by atoms with Gasteiger partial charge in [0.05, 0.1) is 6.61 Å². The van der Waals surface area contributed by atoms with Crippen LogP contribution in [0.2, 0.25) is 0 Å². The molecule has 0 bridgehead atoms. The Morgan fingerprint density at radius 1 is 1.47 bits per heavy atom. The SMILES string of the molecule is CCSCCC(C)NC(COC)C1CC1. The Morgan fingerprint density at radius 2 is 2.20 bits per heavy atom. The van der Waals surface area contributed by atoms with Crippen molar-refractivity contribution in [1.82, 2.24) is 5.32 Å². The first-order valence-corrected chi connectivity index (χ1v) is 7.26. The van der Waals surface area contributed by atoms with Crippen LogP contribution in [0.3, 0.4) is 0 Å². The normalized spacial score (nSPS) is 20.2. The van der Waals surface area contributed by atoms with Crippen LogP contribution >= 0.6 is 11.8 Å². The number of methoxy groups -OCH3 is 1. The zero-order valence-corrected chi connectivity index (χ0v) is 11.1. The summed E-state index contributed by atoms with van der Waals surface area (Å²) in [6.07, 6.45) is 4.04. The molecule has 0 saturated heterocycles. The van der Waals surface area contributed by atoms with E-state index in [9.17, 15) is 0 Å². The van der Waals surface area contributed by atoms with Crippen molar-refractivity contribution >= 4 is 11.8 Å². The van der Waals surface area contributed by atoms with Crippen LogP contribution in [-0.2, 0) is 4.74 Å². The first kappa shape index (κ1) is 13.3. The highest BCUT2D eigenvalue weighted by molar-refractivity contribution is 7.99. The fourth-order valence-corrected chi connectivity index (χ4v) is 2.66. The van der Waals surface area contributed by atoms with Crippen molar-refractivity contribution in [2.24, 2.45) is 5.92 Å². The van der Waals surface area contributed by atoms with Crippen LogP contribution in [0.4, 0.5) is 0 Å². The summed E-state index contributed by atoms with van der Waals surface area (Å²) in [6.45, 7) is 5.39. The van der Waals surface area contributed by atoms with Crippen LogP contribution in [0.1, 0.15) is 33.1 Å². The molecular weight excluding hydrogens is 206 g/mol. The molecule has 90 valence electrons. The summed E-state index contributed by atoms with van der Waals surface area (Å²) >= 11 is 2.03. The van der Waals surface area contributed by atoms with E-state index in [0.717, 1.165) is 12.5 Å². The number of thioether (sulfide) groups is 1. The number of hydrogen-bond donors (Lipinski definition) is 1. The van der Waals surface area contributed by atoms with Crippen LogP contribution in [0.5, 0.6) is 0 Å². The molecule has 0 aromatic carbocycles. The minimum atomic E-state index is 0.594. The molecular formula is C12H25NOS. The molecule has 0 amide bonds. The Labute approximate surface area is 98.5 Å². The third-order valence-corrected chi connectivity index (χ3v) is 3.87. The second-order valence-electron chi connectivity index (χ2n) is 4.45. The molecule has 0 heterocycles. The van der Waals surface area contributed by atoms with E-state index in [1.807, 2.05) is 11.8 Å². The zero-order chi connectivity index (χ0) is 11.1. The van der Waals surface area contributed by atoms with E-state index < -0.39 is 0 Å². The number of nitrogens with one attached hydrogen (secondary N) is 1. The molecule has 3 heteroatoms. The summed E-state index contributed by atoms with van der Waals surface area (Å²) < 4.78 is 5.26. The van der Waals surface area contributed by atoms with Gasteiger partial charge in [0.2, 0.25) is 0 Å². The molecule has 0 radical (unpaired) electrons. The molecule has 0 aromatic heterocycles. The predicted octanol–water partition coefficient (Wildman–Crippen LogP) is 2.53. The van der Waals surface area contributed by atoms with E-state index in [-0.39, 0.29) is 0 Å². The van der Waals surface area contributed by atoms with Crippen LogP contribution in [0, 0.1) is 5.92 Å². The number of ether oxygens (including phenoxy) is 1. The van der Waals surface area contributed by atoms with E-state index in [2.05, 4.69) is 19.2 Å². The summed E-state index contributed by atoms with van der Waals surface area (Å²) in [6, 6.07) is 1.22. The maximum Gasteiger partial charge on any atom is 0.0618 e. The van der Waals surface area contributed by atoms with Crippen molar-refractivity contribution in [3.63, 3.8) is 0 Å². The second-order valence-corrected chi connectivity index (χ2v) is 5.85. The van der Waals surface area contributed by atoms with Crippen LogP contribution in [-0.4, -0.2) is 37.3 Å². The highest BCUT2D eigenvalue weighted by Gasteiger charge is 2.31. The van der Waals surface area contributed by atoms with E-state index in [1.165, 1.54) is 30.8 Å². The summed E-state index contributed by atoms with van der Waals surface area (Å²) in [7, 11) is 1.80. The van der Waals surface area contributed by atoms with Crippen molar-refractivity contribution < 1.29 is 4.74 Å². The topological polar surface area (TPSA) is 21.3 Å². The molecule has 1 saturated carbocycles. The van der Waals surface area contributed by atoms with E-state index in [1.54, 1.807) is 7.11 Å². The number of rotatable bonds is 9. The van der Waals surface area contributed by atoms with Gasteiger partial charge in [-0.05, 0) is 43.6 Å². The molecule has 1 rings (SSSR count). The van der Waals surface area contributed by atoms with Gasteiger partial charge in [0.15, 0.2) is 0 Å². The van der Waals surface area contributed by atoms with Crippen LogP contribution in [0.25, 0.3) is 0 Å². The van der Waals surface area contributed by atoms with Crippen LogP contribution in [0.15, 0.2) is 0 Å². The quantitative estimate of drug-likeness (QED) is 0.616. The van der Waals surface area contributed by atoms with Crippen molar-refractivity contribution in [3.05, 3.63) is 0 Å². The molecule has 0 aliphatic heterocycles. The van der Waals surface area contributed by atoms with Gasteiger partial charge >= 0.3 is 0 Å². The van der Waals surface area contributed by atoms with E-state index >= 15 is 0 Å². The van der Waals surface area contributed by atoms with Gasteiger partial charge in [-0.15, -0.1) is 0 Å². The second kappa shape index (κ2) is 7.53. The monoisotopic (exact) mass is 231 g/mol. The molecule has 1 fully saturated rings. The van der Waals surface area contributed by atoms with Crippen molar-refractivity contribution in [2.75, 3.05) is 25.2 Å². The van der Waals surface area contributed by atoms with Gasteiger partial charge < -0.3 is 10.1 Å². The smallest absolute Gasteiger partial charge is 0.0618 e. The standard InChI is InChI=1S/C12H25NOS/c1-4-15-8-7-10(2)13-12(9-14-3)11-5-6-11/h10-13H,4-9H2,1-3H3. The Bertz CT molecular complexity index is 162. The van der Waals surface area contributed by atoms with Crippen LogP contribution < -0.4 is 5.32 Å². The Kier molecular flexibility index (Phi) is 6.69. The Morgan fingerprint density at radius 3 is 2.73 bits per heavy atom. The van der Waals surface area contributed by atoms with E-state index in [0.29, 0.717) is 12.1 Å². The molecule has 2 atom stereocenters. The average Bonchev–Trinajstić information content (AvgIpc) is 3.01. The first-order valence-electron chi connectivity index (χ1n) is 6.10. The lowest BCUT2D eigenvalue weighted by Crippen LogP contribution is -2.41. The van der Waals surface area contributed by atoms with Gasteiger partial charge in [0.1, 0.15) is 0 Å². The fraction of sp³-hybridized carbons (Fsp3) is 1.00. The van der Waals surface area contributed by atoms with Crippen molar-refractivity contribution in [2.45, 2.75) is 45.2 Å². The minimum absolute atomic E-state index is 0.594. The average molecular weight is 231 g/mol. The zero-order valence-electron chi connectivity index (χ0n) is 10.3. The maximum atomic E-state index is 5.26. The first-order chi connectivity index (χ1) is 7.27. The third-order valence-electron chi connectivity index (χ3n) is 2.94. The van der Waals surface area contributed by atoms with Crippen molar-refractivity contribution in [3.8, 4) is 0 Å². The van der Waals surface area contributed by atoms with Gasteiger partial charge in [-0.25, -0.2) is 0 Å². The lowest BCUT2D eigenvalue weighted by Gasteiger charge is -2.22. The molecule has 0 aromatic rings. The largest absolute Gasteiger partial charge is 0.383 e. The molecule has 0 spiro atoms. The van der Waals surface area contributed by atoms with Gasteiger partial charge in [-0.2, -0.15) is 11.8 Å². The minimum Gasteiger partial charge on any atom is -0.383 e. The highest BCUT2D eigenvalue weighted by atomic mass is 32.2. The Hall–Kier alpha value is 0.270. The fourth-order valence-electron chi connectivity index (χ4n) is 1.85. The molecule has 1 N–H and O–H groups in total. The maximum absolute atomic E-state index is 5.26. The number of hydrogen-bond acceptors (Lipinski definition) is 3. The molecule has 1 aliphatic carbocycles. The lowest BCUT2D eigenvalue weighted by atomic mass is 10.1. The summed E-state index contributed by atoms with van der Waals surface area (Å²) in [5.74, 6) is 3.39. The van der Waals surface area contributed by atoms with Gasteiger partial charge in [0, 0.05) is 19.2 Å². The molecule has 15 heavy (non-hydrogen) atoms. The summed E-state index contributed by atoms with van der Waals surface area (Å²) in [5.41, 5.74) is 0. The van der Waals surface area contributed by atoms with Gasteiger partial charge in [-0.3, -0.25) is 0 Å². The van der Waals surface area contributed by atoms with Gasteiger partial charge in [0.25, 0.3) is 0 Å². The predicted molar refractivity (Wildman–Crippen MR) is 68.6 cm³/mol.